The van der Waals surface area contributed by atoms with Crippen LogP contribution in [0.15, 0.2) is 35.3 Å². The van der Waals surface area contributed by atoms with E-state index in [2.05, 4.69) is 15.6 Å². The molecule has 0 aliphatic heterocycles. The first-order chi connectivity index (χ1) is 14.7. The summed E-state index contributed by atoms with van der Waals surface area (Å²) in [7, 11) is 0. The van der Waals surface area contributed by atoms with E-state index in [1.807, 2.05) is 36.6 Å². The second-order valence-corrected chi connectivity index (χ2v) is 7.97. The number of nitrogens with two attached hydrogens (primary N) is 3. The number of thioether (sulfide) groups is 1. The van der Waals surface area contributed by atoms with Crippen LogP contribution < -0.4 is 27.8 Å². The van der Waals surface area contributed by atoms with E-state index in [-0.39, 0.29) is 18.9 Å². The van der Waals surface area contributed by atoms with E-state index in [1.165, 1.54) is 11.8 Å². The molecule has 31 heavy (non-hydrogen) atoms. The summed E-state index contributed by atoms with van der Waals surface area (Å²) in [6.45, 7) is 0.253. The Morgan fingerprint density at radius 1 is 1.06 bits per heavy atom. The van der Waals surface area contributed by atoms with Gasteiger partial charge in [-0.25, -0.2) is 4.79 Å². The molecule has 0 bridgehead atoms. The fourth-order valence-electron chi connectivity index (χ4n) is 2.78. The molecule has 0 radical (unpaired) electrons. The summed E-state index contributed by atoms with van der Waals surface area (Å²) in [6, 6.07) is 6.47. The maximum atomic E-state index is 12.7. The van der Waals surface area contributed by atoms with Crippen LogP contribution in [-0.4, -0.2) is 65.5 Å². The molecule has 1 aromatic rings. The number of carbonyl (C=O) groups excluding carboxylic acids is 2. The molecule has 0 heterocycles. The minimum Gasteiger partial charge on any atom is -0.480 e. The molecule has 2 amide bonds. The van der Waals surface area contributed by atoms with Crippen LogP contribution in [0.4, 0.5) is 0 Å². The third-order valence-corrected chi connectivity index (χ3v) is 5.08. The first kappa shape index (κ1) is 26.2. The average molecular weight is 453 g/mol. The van der Waals surface area contributed by atoms with E-state index in [0.29, 0.717) is 25.0 Å². The minimum atomic E-state index is -1.17. The van der Waals surface area contributed by atoms with Gasteiger partial charge in [0.05, 0.1) is 6.04 Å². The van der Waals surface area contributed by atoms with E-state index >= 15 is 0 Å². The maximum absolute atomic E-state index is 12.7. The summed E-state index contributed by atoms with van der Waals surface area (Å²) >= 11 is 1.51. The zero-order valence-electron chi connectivity index (χ0n) is 17.6. The van der Waals surface area contributed by atoms with E-state index in [4.69, 9.17) is 17.2 Å². The van der Waals surface area contributed by atoms with Crippen molar-refractivity contribution in [3.05, 3.63) is 35.9 Å². The molecule has 0 saturated heterocycles. The standard InChI is InChI=1S/C20H32N6O4S/c1-31-11-9-15(25-17(27)14(21)12-13-6-3-2-4-7-13)18(28)26-16(19(29)30)8-5-10-24-20(22)23/h2-4,6-7,14-16H,5,8-12,21H2,1H3,(H,25,27)(H,26,28)(H,29,30)(H4,22,23,24)/t14-,15-,16-/m0/s1. The number of carbonyl (C=O) groups is 3. The zero-order valence-corrected chi connectivity index (χ0v) is 18.4. The highest BCUT2D eigenvalue weighted by Gasteiger charge is 2.27. The number of hydrogen-bond donors (Lipinski definition) is 6. The fourth-order valence-corrected chi connectivity index (χ4v) is 3.25. The van der Waals surface area contributed by atoms with Gasteiger partial charge in [-0.1, -0.05) is 30.3 Å². The number of carboxylic acids is 1. The summed E-state index contributed by atoms with van der Waals surface area (Å²) in [5.74, 6) is -1.68. The molecule has 3 atom stereocenters. The van der Waals surface area contributed by atoms with Crippen molar-refractivity contribution in [3.8, 4) is 0 Å². The smallest absolute Gasteiger partial charge is 0.326 e. The van der Waals surface area contributed by atoms with Gasteiger partial charge in [-0.15, -0.1) is 0 Å². The Morgan fingerprint density at radius 3 is 2.29 bits per heavy atom. The zero-order chi connectivity index (χ0) is 23.2. The van der Waals surface area contributed by atoms with Gasteiger partial charge in [-0.05, 0) is 43.3 Å². The highest BCUT2D eigenvalue weighted by Crippen LogP contribution is 2.06. The Morgan fingerprint density at radius 2 is 1.71 bits per heavy atom. The van der Waals surface area contributed by atoms with Crippen LogP contribution in [0.2, 0.25) is 0 Å². The van der Waals surface area contributed by atoms with Gasteiger partial charge in [0.2, 0.25) is 11.8 Å². The van der Waals surface area contributed by atoms with Gasteiger partial charge in [0, 0.05) is 6.54 Å². The van der Waals surface area contributed by atoms with E-state index in [1.54, 1.807) is 0 Å². The highest BCUT2D eigenvalue weighted by atomic mass is 32.2. The largest absolute Gasteiger partial charge is 0.480 e. The number of nitrogens with one attached hydrogen (secondary N) is 2. The van der Waals surface area contributed by atoms with Crippen LogP contribution in [0.3, 0.4) is 0 Å². The second-order valence-electron chi connectivity index (χ2n) is 6.99. The molecule has 1 aromatic carbocycles. The number of nitrogens with zero attached hydrogens (tertiary/aromatic N) is 1. The monoisotopic (exact) mass is 452 g/mol. The predicted octanol–water partition coefficient (Wildman–Crippen LogP) is -0.583. The van der Waals surface area contributed by atoms with Crippen molar-refractivity contribution in [1.29, 1.82) is 0 Å². The molecule has 0 spiro atoms. The van der Waals surface area contributed by atoms with E-state index in [0.717, 1.165) is 5.56 Å². The van der Waals surface area contributed by atoms with Crippen LogP contribution in [0.25, 0.3) is 0 Å². The van der Waals surface area contributed by atoms with Crippen LogP contribution in [-0.2, 0) is 20.8 Å². The third kappa shape index (κ3) is 10.7. The van der Waals surface area contributed by atoms with E-state index < -0.39 is 35.9 Å². The molecule has 0 aliphatic rings. The number of aliphatic carboxylic acids is 1. The Labute approximate surface area is 186 Å². The van der Waals surface area contributed by atoms with Crippen molar-refractivity contribution in [2.75, 3.05) is 18.6 Å². The molecule has 0 aromatic heterocycles. The number of rotatable bonds is 14. The van der Waals surface area contributed by atoms with Crippen molar-refractivity contribution in [2.45, 2.75) is 43.8 Å². The van der Waals surface area contributed by atoms with Crippen molar-refractivity contribution >= 4 is 35.5 Å². The number of guanidine groups is 1. The molecule has 11 heteroatoms. The molecule has 10 nitrogen and oxygen atoms in total. The van der Waals surface area contributed by atoms with Gasteiger partial charge in [-0.3, -0.25) is 14.6 Å². The van der Waals surface area contributed by atoms with Gasteiger partial charge >= 0.3 is 5.97 Å². The summed E-state index contributed by atoms with van der Waals surface area (Å²) in [4.78, 5) is 40.6. The van der Waals surface area contributed by atoms with Gasteiger partial charge in [0.15, 0.2) is 5.96 Å². The summed E-state index contributed by atoms with van der Waals surface area (Å²) in [6.07, 6.45) is 3.07. The predicted molar refractivity (Wildman–Crippen MR) is 123 cm³/mol. The first-order valence-corrected chi connectivity index (χ1v) is 11.3. The molecular weight excluding hydrogens is 420 g/mol. The van der Waals surface area contributed by atoms with Crippen LogP contribution in [0.1, 0.15) is 24.8 Å². The lowest BCUT2D eigenvalue weighted by Gasteiger charge is -2.23. The summed E-state index contributed by atoms with van der Waals surface area (Å²) in [5.41, 5.74) is 17.4. The number of carboxylic acid groups (broad SMARTS) is 1. The minimum absolute atomic E-state index is 0.0809. The number of amides is 2. The SMILES string of the molecule is CSCC[C@H](NC(=O)[C@@H](N)Cc1ccccc1)C(=O)N[C@@H](CCCN=C(N)N)C(=O)O. The molecule has 0 saturated carbocycles. The van der Waals surface area contributed by atoms with Crippen LogP contribution >= 0.6 is 11.8 Å². The van der Waals surface area contributed by atoms with Crippen molar-refractivity contribution in [2.24, 2.45) is 22.2 Å². The van der Waals surface area contributed by atoms with Gasteiger partial charge in [-0.2, -0.15) is 11.8 Å². The van der Waals surface area contributed by atoms with Crippen LogP contribution in [0, 0.1) is 0 Å². The molecule has 1 rings (SSSR count). The lowest BCUT2D eigenvalue weighted by atomic mass is 10.1. The lowest BCUT2D eigenvalue weighted by Crippen LogP contribution is -2.55. The highest BCUT2D eigenvalue weighted by molar-refractivity contribution is 7.98. The molecular formula is C20H32N6O4S. The molecule has 0 unspecified atom stereocenters. The molecule has 172 valence electrons. The topological polar surface area (TPSA) is 186 Å². The number of aliphatic imine (C=N–C) groups is 1. The Hall–Kier alpha value is -2.79. The Bertz CT molecular complexity index is 742. The van der Waals surface area contributed by atoms with Crippen molar-refractivity contribution in [3.63, 3.8) is 0 Å². The second kappa shape index (κ2) is 14.3. The number of hydrogen-bond acceptors (Lipinski definition) is 6. The van der Waals surface area contributed by atoms with Crippen molar-refractivity contribution < 1.29 is 19.5 Å². The van der Waals surface area contributed by atoms with Gasteiger partial charge in [0.25, 0.3) is 0 Å². The average Bonchev–Trinajstić information content (AvgIpc) is 2.73. The molecule has 0 aliphatic carbocycles. The summed E-state index contributed by atoms with van der Waals surface area (Å²) < 4.78 is 0. The Kier molecular flexibility index (Phi) is 12.1. The third-order valence-electron chi connectivity index (χ3n) is 4.44. The van der Waals surface area contributed by atoms with Crippen LogP contribution in [0.5, 0.6) is 0 Å². The first-order valence-electron chi connectivity index (χ1n) is 9.92. The molecule has 9 N–H and O–H groups in total. The fraction of sp³-hybridized carbons (Fsp3) is 0.500. The normalized spacial score (nSPS) is 13.5. The lowest BCUT2D eigenvalue weighted by molar-refractivity contribution is -0.142. The van der Waals surface area contributed by atoms with E-state index in [9.17, 15) is 19.5 Å². The van der Waals surface area contributed by atoms with Gasteiger partial charge < -0.3 is 32.9 Å². The Balaban J connectivity index is 2.71. The van der Waals surface area contributed by atoms with Gasteiger partial charge in [0.1, 0.15) is 12.1 Å². The molecule has 0 fully saturated rings. The quantitative estimate of drug-likeness (QED) is 0.123. The van der Waals surface area contributed by atoms with Crippen molar-refractivity contribution in [1.82, 2.24) is 10.6 Å². The summed E-state index contributed by atoms with van der Waals surface area (Å²) in [5, 5.41) is 14.6. The maximum Gasteiger partial charge on any atom is 0.326 e. The number of benzene rings is 1.